The van der Waals surface area contributed by atoms with Crippen LogP contribution in [0.2, 0.25) is 0 Å². The number of carbonyl (C=O) groups excluding carboxylic acids is 1. The Morgan fingerprint density at radius 2 is 2.07 bits per heavy atom. The zero-order valence-electron chi connectivity index (χ0n) is 22.3. The molecule has 2 aromatic rings. The number of benzene rings is 1. The molecule has 14 heteroatoms. The molecule has 1 fully saturated rings. The zero-order chi connectivity index (χ0) is 29.3. The highest BCUT2D eigenvalue weighted by atomic mass is 16.8. The first-order valence-corrected chi connectivity index (χ1v) is 13.3. The third kappa shape index (κ3) is 5.44. The van der Waals surface area contributed by atoms with Crippen molar-refractivity contribution in [2.45, 2.75) is 55.9 Å². The molecule has 1 saturated heterocycles. The first-order valence-electron chi connectivity index (χ1n) is 13.3. The maximum Gasteiger partial charge on any atom is 0.337 e. The van der Waals surface area contributed by atoms with E-state index in [0.29, 0.717) is 18.7 Å². The highest BCUT2D eigenvalue weighted by molar-refractivity contribution is 5.89. The fourth-order valence-electron chi connectivity index (χ4n) is 5.89. The Kier molecular flexibility index (Phi) is 8.63. The minimum Gasteiger partial charge on any atom is -0.471 e. The van der Waals surface area contributed by atoms with E-state index in [1.165, 1.54) is 13.4 Å². The van der Waals surface area contributed by atoms with Crippen molar-refractivity contribution in [1.82, 2.24) is 10.3 Å². The van der Waals surface area contributed by atoms with E-state index in [1.807, 2.05) is 12.1 Å². The molecule has 1 aromatic heterocycles. The summed E-state index contributed by atoms with van der Waals surface area (Å²) < 4.78 is 22.2. The summed E-state index contributed by atoms with van der Waals surface area (Å²) in [4.78, 5) is 19.2. The van der Waals surface area contributed by atoms with Crippen LogP contribution in [-0.2, 0) is 30.2 Å². The van der Waals surface area contributed by atoms with E-state index in [2.05, 4.69) is 26.9 Å². The second-order valence-electron chi connectivity index (χ2n) is 10.3. The molecule has 0 radical (unpaired) electrons. The van der Waals surface area contributed by atoms with Crippen molar-refractivity contribution in [3.8, 4) is 0 Å². The number of ether oxygens (including phenoxy) is 4. The summed E-state index contributed by atoms with van der Waals surface area (Å²) in [5, 5.41) is 48.5. The average molecular weight is 572 g/mol. The quantitative estimate of drug-likeness (QED) is 0.0879. The number of hydrogen-bond donors (Lipinski definition) is 6. The first kappa shape index (κ1) is 29.0. The van der Waals surface area contributed by atoms with Crippen LogP contribution in [0.15, 0.2) is 47.8 Å². The minimum absolute atomic E-state index is 0.222. The number of aliphatic hydroxyl groups is 4. The second-order valence-corrected chi connectivity index (χ2v) is 10.3. The summed E-state index contributed by atoms with van der Waals surface area (Å²) in [6.07, 6.45) is -4.51. The van der Waals surface area contributed by atoms with E-state index in [-0.39, 0.29) is 11.6 Å². The van der Waals surface area contributed by atoms with E-state index in [4.69, 9.17) is 24.5 Å². The van der Waals surface area contributed by atoms with Gasteiger partial charge in [-0.2, -0.15) is 0 Å². The lowest BCUT2D eigenvalue weighted by molar-refractivity contribution is -0.339. The Bertz CT molecular complexity index is 1370. The number of hydrogen-bond acceptors (Lipinski definition) is 11. The van der Waals surface area contributed by atoms with Crippen LogP contribution < -0.4 is 5.32 Å². The number of aromatic amines is 1. The summed E-state index contributed by atoms with van der Waals surface area (Å²) >= 11 is 0. The molecule has 0 spiro atoms. The third-order valence-corrected chi connectivity index (χ3v) is 8.00. The Labute approximate surface area is 234 Å². The van der Waals surface area contributed by atoms with Crippen molar-refractivity contribution in [2.75, 3.05) is 20.3 Å². The number of nitrogens with one attached hydrogen (secondary N) is 2. The lowest BCUT2D eigenvalue weighted by Gasteiger charge is -2.43. The molecule has 0 saturated carbocycles. The second kappa shape index (κ2) is 12.2. The van der Waals surface area contributed by atoms with Crippen molar-refractivity contribution in [1.29, 1.82) is 0 Å². The zero-order valence-corrected chi connectivity index (χ0v) is 22.3. The molecule has 4 heterocycles. The monoisotopic (exact) mass is 571 g/mol. The van der Waals surface area contributed by atoms with Gasteiger partial charge in [-0.05, 0) is 42.6 Å². The van der Waals surface area contributed by atoms with E-state index in [9.17, 15) is 25.2 Å². The van der Waals surface area contributed by atoms with Gasteiger partial charge in [0.25, 0.3) is 0 Å². The van der Waals surface area contributed by atoms with Crippen molar-refractivity contribution < 1.29 is 44.2 Å². The number of rotatable bonds is 8. The topological polar surface area (TPSA) is 211 Å². The SMILES string of the molecule is C=C[C@H]1[C@H](O[C@@H]2O[C@H](CO)[C@@H](O)[C@H](O)[C@H]2O)OC=C(C(=O)OC)[C@H]1C[C@@H]1NCCc2c1[nH]c1ccc(N=[N+]=[N-])cc21. The van der Waals surface area contributed by atoms with Crippen LogP contribution in [0.5, 0.6) is 0 Å². The number of aliphatic hydroxyl groups excluding tert-OH is 4. The van der Waals surface area contributed by atoms with Gasteiger partial charge < -0.3 is 49.7 Å². The molecule has 9 atom stereocenters. The van der Waals surface area contributed by atoms with Gasteiger partial charge >= 0.3 is 5.97 Å². The lowest BCUT2D eigenvalue weighted by Crippen LogP contribution is -2.60. The van der Waals surface area contributed by atoms with Gasteiger partial charge in [0, 0.05) is 45.1 Å². The van der Waals surface area contributed by atoms with Crippen LogP contribution in [0.25, 0.3) is 21.3 Å². The summed E-state index contributed by atoms with van der Waals surface area (Å²) in [6, 6.07) is 5.22. The predicted molar refractivity (Wildman–Crippen MR) is 143 cm³/mol. The fourth-order valence-corrected chi connectivity index (χ4v) is 5.89. The molecule has 1 aromatic carbocycles. The molecule has 0 bridgehead atoms. The standard InChI is InChI=1S/C27H33N5O9/c1-3-13-15(9-19-21-14(6-7-29-19)16-8-12(31-32-28)4-5-18(16)30-21)17(25(37)38-2)11-39-26(13)41-27-24(36)23(35)22(34)20(10-33)40-27/h3-5,8,11,13,15,19-20,22-24,26-27,29-30,33-36H,1,6-7,9-10H2,2H3/t13-,15+,19+,20-,22-,23+,24-,26+,27+/m1/s1. The molecule has 5 rings (SSSR count). The third-order valence-electron chi connectivity index (χ3n) is 8.00. The summed E-state index contributed by atoms with van der Waals surface area (Å²) in [5.74, 6) is -1.73. The molecule has 14 nitrogen and oxygen atoms in total. The van der Waals surface area contributed by atoms with Crippen LogP contribution in [0, 0.1) is 11.8 Å². The van der Waals surface area contributed by atoms with Gasteiger partial charge in [0.15, 0.2) is 6.29 Å². The van der Waals surface area contributed by atoms with Gasteiger partial charge in [0.05, 0.1) is 25.6 Å². The number of methoxy groups -OCH3 is 1. The van der Waals surface area contributed by atoms with Gasteiger partial charge in [-0.25, -0.2) is 4.79 Å². The van der Waals surface area contributed by atoms with E-state index in [0.717, 1.165) is 28.6 Å². The van der Waals surface area contributed by atoms with Crippen molar-refractivity contribution >= 4 is 22.6 Å². The smallest absolute Gasteiger partial charge is 0.337 e. The van der Waals surface area contributed by atoms with Gasteiger partial charge in [0.2, 0.25) is 6.29 Å². The average Bonchev–Trinajstić information content (AvgIpc) is 3.36. The lowest BCUT2D eigenvalue weighted by atomic mass is 9.78. The number of aromatic nitrogens is 1. The molecular weight excluding hydrogens is 538 g/mol. The number of H-pyrrole nitrogens is 1. The molecule has 3 aliphatic heterocycles. The molecule has 0 amide bonds. The molecule has 220 valence electrons. The number of fused-ring (bicyclic) bond motifs is 3. The molecule has 41 heavy (non-hydrogen) atoms. The van der Waals surface area contributed by atoms with Crippen LogP contribution >= 0.6 is 0 Å². The molecule has 0 unspecified atom stereocenters. The van der Waals surface area contributed by atoms with Gasteiger partial charge in [-0.1, -0.05) is 17.3 Å². The highest BCUT2D eigenvalue weighted by Gasteiger charge is 2.48. The number of nitrogens with zero attached hydrogens (tertiary/aromatic N) is 3. The molecule has 0 aliphatic carbocycles. The Hall–Kier alpha value is -3.46. The Balaban J connectivity index is 1.44. The fraction of sp³-hybridized carbons (Fsp3) is 0.519. The Morgan fingerprint density at radius 3 is 2.78 bits per heavy atom. The number of carbonyl (C=O) groups is 1. The molecule has 6 N–H and O–H groups in total. The van der Waals surface area contributed by atoms with E-state index in [1.54, 1.807) is 12.1 Å². The van der Waals surface area contributed by atoms with Gasteiger partial charge in [0.1, 0.15) is 24.4 Å². The van der Waals surface area contributed by atoms with E-state index >= 15 is 0 Å². The van der Waals surface area contributed by atoms with Crippen molar-refractivity contribution in [3.05, 3.63) is 64.4 Å². The normalized spacial score (nSPS) is 33.2. The molecular formula is C27H33N5O9. The predicted octanol–water partition coefficient (Wildman–Crippen LogP) is 1.33. The van der Waals surface area contributed by atoms with Crippen LogP contribution in [0.3, 0.4) is 0 Å². The number of azide groups is 1. The summed E-state index contributed by atoms with van der Waals surface area (Å²) in [7, 11) is 1.27. The largest absolute Gasteiger partial charge is 0.471 e. The minimum atomic E-state index is -1.63. The first-order chi connectivity index (χ1) is 19.8. The maximum absolute atomic E-state index is 12.8. The maximum atomic E-state index is 12.8. The summed E-state index contributed by atoms with van der Waals surface area (Å²) in [5.41, 5.74) is 12.5. The van der Waals surface area contributed by atoms with Crippen molar-refractivity contribution in [2.24, 2.45) is 17.0 Å². The van der Waals surface area contributed by atoms with Crippen LogP contribution in [0.1, 0.15) is 23.7 Å². The van der Waals surface area contributed by atoms with Gasteiger partial charge in [-0.3, -0.25) is 0 Å². The van der Waals surface area contributed by atoms with Gasteiger partial charge in [-0.15, -0.1) is 6.58 Å². The highest BCUT2D eigenvalue weighted by Crippen LogP contribution is 2.42. The van der Waals surface area contributed by atoms with Crippen LogP contribution in [0.4, 0.5) is 5.69 Å². The van der Waals surface area contributed by atoms with E-state index < -0.39 is 61.4 Å². The molecule has 3 aliphatic rings. The van der Waals surface area contributed by atoms with Crippen LogP contribution in [-0.4, -0.2) is 88.6 Å². The Morgan fingerprint density at radius 1 is 1.27 bits per heavy atom. The number of esters is 1. The summed E-state index contributed by atoms with van der Waals surface area (Å²) in [6.45, 7) is 3.99. The van der Waals surface area contributed by atoms with Crippen molar-refractivity contribution in [3.63, 3.8) is 0 Å².